The highest BCUT2D eigenvalue weighted by Gasteiger charge is 2.33. The number of aromatic hydroxyl groups is 1. The van der Waals surface area contributed by atoms with Gasteiger partial charge in [-0.2, -0.15) is 0 Å². The van der Waals surface area contributed by atoms with Crippen molar-refractivity contribution >= 4 is 15.8 Å². The number of pyridine rings is 1. The summed E-state index contributed by atoms with van der Waals surface area (Å²) in [6, 6.07) is 13.9. The molecule has 4 rings (SSSR count). The molecule has 2 unspecified atom stereocenters. The normalized spacial score (nSPS) is 26.7. The van der Waals surface area contributed by atoms with Gasteiger partial charge in [0, 0.05) is 25.0 Å². The predicted molar refractivity (Wildman–Crippen MR) is 125 cm³/mol. The van der Waals surface area contributed by atoms with Crippen LogP contribution in [0.5, 0.6) is 5.75 Å². The van der Waals surface area contributed by atoms with Crippen LogP contribution in [0, 0.1) is 5.92 Å². The van der Waals surface area contributed by atoms with E-state index in [4.69, 9.17) is 4.74 Å². The summed E-state index contributed by atoms with van der Waals surface area (Å²) in [5.41, 5.74) is 1.41. The fourth-order valence-corrected chi connectivity index (χ4v) is 5.81. The number of anilines is 1. The molecule has 0 amide bonds. The summed E-state index contributed by atoms with van der Waals surface area (Å²) in [5.74, 6) is 1.55. The van der Waals surface area contributed by atoms with Gasteiger partial charge in [0.2, 0.25) is 10.0 Å². The molecular formula is C24H33N3O4S. The van der Waals surface area contributed by atoms with Crippen molar-refractivity contribution in [3.63, 3.8) is 0 Å². The molecule has 2 fully saturated rings. The van der Waals surface area contributed by atoms with Crippen molar-refractivity contribution in [2.75, 3.05) is 30.9 Å². The second kappa shape index (κ2) is 10.2. The molecule has 1 saturated heterocycles. The lowest BCUT2D eigenvalue weighted by atomic mass is 9.82. The highest BCUT2D eigenvalue weighted by Crippen LogP contribution is 2.34. The molecule has 1 saturated carbocycles. The van der Waals surface area contributed by atoms with E-state index in [1.807, 2.05) is 0 Å². The van der Waals surface area contributed by atoms with Crippen molar-refractivity contribution in [2.45, 2.75) is 50.2 Å². The van der Waals surface area contributed by atoms with Crippen LogP contribution in [0.2, 0.25) is 0 Å². The Bertz CT molecular complexity index is 960. The standard InChI is InChI=1S/C24H33N3O4S/c1-32(29,30)26-23-13-14-27(24-12-9-21(28)15-25-24)16-20(23)17-31-22-10-7-19(8-11-22)18-5-3-2-4-6-18/h2-6,9,12,15,19-20,22-23,26,28H,7-8,10-11,13-14,16-17H2,1H3. The Morgan fingerprint density at radius 2 is 1.84 bits per heavy atom. The van der Waals surface area contributed by atoms with Gasteiger partial charge < -0.3 is 14.7 Å². The molecule has 2 N–H and O–H groups in total. The predicted octanol–water partition coefficient (Wildman–Crippen LogP) is 3.27. The van der Waals surface area contributed by atoms with Gasteiger partial charge in [0.1, 0.15) is 11.6 Å². The first-order valence-electron chi connectivity index (χ1n) is 11.4. The molecular weight excluding hydrogens is 426 g/mol. The minimum Gasteiger partial charge on any atom is -0.506 e. The molecule has 7 nitrogen and oxygen atoms in total. The summed E-state index contributed by atoms with van der Waals surface area (Å²) in [7, 11) is -3.30. The highest BCUT2D eigenvalue weighted by molar-refractivity contribution is 7.88. The lowest BCUT2D eigenvalue weighted by molar-refractivity contribution is -0.00213. The van der Waals surface area contributed by atoms with Gasteiger partial charge in [-0.25, -0.2) is 18.1 Å². The molecule has 0 spiro atoms. The number of hydrogen-bond acceptors (Lipinski definition) is 6. The average molecular weight is 460 g/mol. The summed E-state index contributed by atoms with van der Waals surface area (Å²) < 4.78 is 33.0. The van der Waals surface area contributed by atoms with E-state index in [9.17, 15) is 13.5 Å². The molecule has 8 heteroatoms. The van der Waals surface area contributed by atoms with Gasteiger partial charge in [-0.1, -0.05) is 30.3 Å². The number of aromatic nitrogens is 1. The first-order chi connectivity index (χ1) is 15.4. The molecule has 2 atom stereocenters. The van der Waals surface area contributed by atoms with E-state index in [0.29, 0.717) is 32.0 Å². The number of benzene rings is 1. The number of nitrogens with one attached hydrogen (secondary N) is 1. The zero-order chi connectivity index (χ0) is 22.6. The van der Waals surface area contributed by atoms with Crippen molar-refractivity contribution < 1.29 is 18.3 Å². The maximum Gasteiger partial charge on any atom is 0.208 e. The van der Waals surface area contributed by atoms with Crippen molar-refractivity contribution in [3.05, 3.63) is 54.2 Å². The van der Waals surface area contributed by atoms with Crippen molar-refractivity contribution in [1.82, 2.24) is 9.71 Å². The highest BCUT2D eigenvalue weighted by atomic mass is 32.2. The zero-order valence-corrected chi connectivity index (χ0v) is 19.4. The average Bonchev–Trinajstić information content (AvgIpc) is 2.79. The van der Waals surface area contributed by atoms with Gasteiger partial charge >= 0.3 is 0 Å². The lowest BCUT2D eigenvalue weighted by Gasteiger charge is -2.40. The summed E-state index contributed by atoms with van der Waals surface area (Å²) in [4.78, 5) is 6.46. The van der Waals surface area contributed by atoms with E-state index in [2.05, 4.69) is 44.9 Å². The van der Waals surface area contributed by atoms with Gasteiger partial charge in [0.05, 0.1) is 25.2 Å². The largest absolute Gasteiger partial charge is 0.506 e. The summed E-state index contributed by atoms with van der Waals surface area (Å²) in [6.07, 6.45) is 7.85. The monoisotopic (exact) mass is 459 g/mol. The Balaban J connectivity index is 1.35. The van der Waals surface area contributed by atoms with Crippen LogP contribution in [0.3, 0.4) is 0 Å². The van der Waals surface area contributed by atoms with Crippen LogP contribution in [0.4, 0.5) is 5.82 Å². The number of sulfonamides is 1. The van der Waals surface area contributed by atoms with E-state index in [1.165, 1.54) is 18.0 Å². The van der Waals surface area contributed by atoms with Gasteiger partial charge in [-0.3, -0.25) is 0 Å². The maximum atomic E-state index is 11.9. The first-order valence-corrected chi connectivity index (χ1v) is 13.3. The SMILES string of the molecule is CS(=O)(=O)NC1CCN(c2ccc(O)cn2)CC1COC1CCC(c2ccccc2)CC1. The molecule has 0 bridgehead atoms. The molecule has 2 aromatic rings. The topological polar surface area (TPSA) is 91.8 Å². The second-order valence-electron chi connectivity index (χ2n) is 9.08. The molecule has 1 aliphatic heterocycles. The molecule has 2 heterocycles. The summed E-state index contributed by atoms with van der Waals surface area (Å²) in [6.45, 7) is 1.87. The van der Waals surface area contributed by atoms with E-state index >= 15 is 0 Å². The van der Waals surface area contributed by atoms with Crippen LogP contribution < -0.4 is 9.62 Å². The fraction of sp³-hybridized carbons (Fsp3) is 0.542. The van der Waals surface area contributed by atoms with Crippen LogP contribution in [0.15, 0.2) is 48.7 Å². The van der Waals surface area contributed by atoms with Crippen molar-refractivity contribution in [1.29, 1.82) is 0 Å². The van der Waals surface area contributed by atoms with Crippen LogP contribution in [0.25, 0.3) is 0 Å². The Kier molecular flexibility index (Phi) is 7.33. The third kappa shape index (κ3) is 6.21. The third-order valence-corrected chi connectivity index (χ3v) is 7.38. The van der Waals surface area contributed by atoms with Gasteiger partial charge in [-0.05, 0) is 55.7 Å². The smallest absolute Gasteiger partial charge is 0.208 e. The Morgan fingerprint density at radius 1 is 1.09 bits per heavy atom. The summed E-state index contributed by atoms with van der Waals surface area (Å²) >= 11 is 0. The Hall–Kier alpha value is -2.16. The van der Waals surface area contributed by atoms with Crippen molar-refractivity contribution in [3.8, 4) is 5.75 Å². The number of ether oxygens (including phenoxy) is 1. The fourth-order valence-electron chi connectivity index (χ4n) is 4.95. The van der Waals surface area contributed by atoms with Gasteiger partial charge in [0.15, 0.2) is 0 Å². The number of piperidine rings is 1. The number of rotatable bonds is 7. The Morgan fingerprint density at radius 3 is 2.50 bits per heavy atom. The Labute approximate surface area is 190 Å². The van der Waals surface area contributed by atoms with Crippen LogP contribution in [-0.2, 0) is 14.8 Å². The first kappa shape index (κ1) is 23.0. The quantitative estimate of drug-likeness (QED) is 0.660. The van der Waals surface area contributed by atoms with E-state index < -0.39 is 10.0 Å². The van der Waals surface area contributed by atoms with E-state index in [-0.39, 0.29) is 23.8 Å². The molecule has 1 aromatic carbocycles. The molecule has 32 heavy (non-hydrogen) atoms. The van der Waals surface area contributed by atoms with Crippen molar-refractivity contribution in [2.24, 2.45) is 5.92 Å². The zero-order valence-electron chi connectivity index (χ0n) is 18.6. The molecule has 174 valence electrons. The van der Waals surface area contributed by atoms with Crippen LogP contribution in [-0.4, -0.2) is 56.6 Å². The number of hydrogen-bond donors (Lipinski definition) is 2. The minimum absolute atomic E-state index is 0.0286. The summed E-state index contributed by atoms with van der Waals surface area (Å²) in [5, 5.41) is 9.52. The maximum absolute atomic E-state index is 11.9. The molecule has 0 radical (unpaired) electrons. The number of nitrogens with zero attached hydrogens (tertiary/aromatic N) is 2. The minimum atomic E-state index is -3.30. The second-order valence-corrected chi connectivity index (χ2v) is 10.9. The van der Waals surface area contributed by atoms with Crippen LogP contribution >= 0.6 is 0 Å². The molecule has 1 aliphatic carbocycles. The van der Waals surface area contributed by atoms with E-state index in [0.717, 1.165) is 31.5 Å². The van der Waals surface area contributed by atoms with Gasteiger partial charge in [-0.15, -0.1) is 0 Å². The van der Waals surface area contributed by atoms with Gasteiger partial charge in [0.25, 0.3) is 0 Å². The van der Waals surface area contributed by atoms with E-state index in [1.54, 1.807) is 12.1 Å². The molecule has 2 aliphatic rings. The molecule has 1 aromatic heterocycles. The van der Waals surface area contributed by atoms with Crippen LogP contribution in [0.1, 0.15) is 43.6 Å². The lowest BCUT2D eigenvalue weighted by Crippen LogP contribution is -2.52. The third-order valence-electron chi connectivity index (χ3n) is 6.65.